The molecule has 0 aliphatic heterocycles. The number of carbonyl (C=O) groups is 2. The van der Waals surface area contributed by atoms with Crippen LogP contribution in [0.3, 0.4) is 0 Å². The first-order valence-electron chi connectivity index (χ1n) is 4.04. The lowest BCUT2D eigenvalue weighted by molar-refractivity contribution is 0.0681. The number of rotatable bonds is 2. The van der Waals surface area contributed by atoms with Crippen molar-refractivity contribution >= 4 is 17.6 Å². The second kappa shape index (κ2) is 3.09. The van der Waals surface area contributed by atoms with Gasteiger partial charge in [-0.05, 0) is 12.1 Å². The molecule has 0 aliphatic rings. The minimum atomic E-state index is -1.19. The van der Waals surface area contributed by atoms with E-state index in [9.17, 15) is 9.59 Å². The molecule has 0 atom stereocenters. The second-order valence-electron chi connectivity index (χ2n) is 2.89. The smallest absolute Gasteiger partial charge is 0.356 e. The standard InChI is InChI=1S/C9H6N2O4/c12-8(13)5-2-1-3-11-4-6(9(14)15)10-7(5)11/h1-4H,(H,12,13)(H,14,15). The van der Waals surface area contributed by atoms with Crippen LogP contribution in [0.5, 0.6) is 0 Å². The van der Waals surface area contributed by atoms with Crippen LogP contribution in [0, 0.1) is 0 Å². The Morgan fingerprint density at radius 3 is 2.60 bits per heavy atom. The zero-order valence-electron chi connectivity index (χ0n) is 7.41. The number of carboxylic acids is 2. The van der Waals surface area contributed by atoms with Crippen molar-refractivity contribution < 1.29 is 19.8 Å². The predicted molar refractivity (Wildman–Crippen MR) is 49.1 cm³/mol. The number of hydrogen-bond donors (Lipinski definition) is 2. The molecule has 2 aromatic rings. The van der Waals surface area contributed by atoms with Gasteiger partial charge in [0.05, 0.1) is 0 Å². The van der Waals surface area contributed by atoms with Crippen LogP contribution >= 0.6 is 0 Å². The maximum atomic E-state index is 10.8. The molecule has 0 spiro atoms. The van der Waals surface area contributed by atoms with E-state index >= 15 is 0 Å². The second-order valence-corrected chi connectivity index (χ2v) is 2.89. The molecule has 2 N–H and O–H groups in total. The lowest BCUT2D eigenvalue weighted by Crippen LogP contribution is -2.00. The summed E-state index contributed by atoms with van der Waals surface area (Å²) >= 11 is 0. The normalized spacial score (nSPS) is 10.4. The zero-order chi connectivity index (χ0) is 11.0. The van der Waals surface area contributed by atoms with Crippen molar-refractivity contribution in [1.82, 2.24) is 9.38 Å². The highest BCUT2D eigenvalue weighted by molar-refractivity contribution is 5.95. The molecular formula is C9H6N2O4. The summed E-state index contributed by atoms with van der Waals surface area (Å²) in [6.45, 7) is 0. The highest BCUT2D eigenvalue weighted by Crippen LogP contribution is 2.11. The Morgan fingerprint density at radius 1 is 1.27 bits per heavy atom. The minimum Gasteiger partial charge on any atom is -0.478 e. The Balaban J connectivity index is 2.75. The molecule has 6 nitrogen and oxygen atoms in total. The number of imidazole rings is 1. The lowest BCUT2D eigenvalue weighted by Gasteiger charge is -1.95. The number of pyridine rings is 1. The number of aromatic nitrogens is 2. The Kier molecular flexibility index (Phi) is 1.89. The summed E-state index contributed by atoms with van der Waals surface area (Å²) in [6, 6.07) is 2.89. The average molecular weight is 206 g/mol. The van der Waals surface area contributed by atoms with E-state index in [2.05, 4.69) is 4.98 Å². The zero-order valence-corrected chi connectivity index (χ0v) is 7.41. The van der Waals surface area contributed by atoms with E-state index in [0.717, 1.165) is 0 Å². The predicted octanol–water partition coefficient (Wildman–Crippen LogP) is 0.731. The van der Waals surface area contributed by atoms with Gasteiger partial charge in [-0.3, -0.25) is 0 Å². The fourth-order valence-corrected chi connectivity index (χ4v) is 1.28. The van der Waals surface area contributed by atoms with Crippen LogP contribution in [0.4, 0.5) is 0 Å². The molecule has 0 saturated carbocycles. The highest BCUT2D eigenvalue weighted by atomic mass is 16.4. The van der Waals surface area contributed by atoms with E-state index in [4.69, 9.17) is 10.2 Å². The lowest BCUT2D eigenvalue weighted by atomic mass is 10.3. The number of hydrogen-bond acceptors (Lipinski definition) is 3. The molecule has 0 saturated heterocycles. The molecule has 2 rings (SSSR count). The molecule has 2 aromatic heterocycles. The summed E-state index contributed by atoms with van der Waals surface area (Å²) in [5, 5.41) is 17.5. The maximum absolute atomic E-state index is 10.8. The van der Waals surface area contributed by atoms with Crippen LogP contribution in [0.15, 0.2) is 24.5 Å². The summed E-state index contributed by atoms with van der Waals surface area (Å²) in [4.78, 5) is 25.1. The third-order valence-corrected chi connectivity index (χ3v) is 1.93. The van der Waals surface area contributed by atoms with Gasteiger partial charge < -0.3 is 14.6 Å². The van der Waals surface area contributed by atoms with Gasteiger partial charge in [-0.25, -0.2) is 14.6 Å². The van der Waals surface area contributed by atoms with Crippen LogP contribution in [0.25, 0.3) is 5.65 Å². The van der Waals surface area contributed by atoms with Crippen molar-refractivity contribution in [2.45, 2.75) is 0 Å². The Labute approximate surface area is 83.4 Å². The Hall–Kier alpha value is -2.37. The number of carboxylic acid groups (broad SMARTS) is 2. The fraction of sp³-hybridized carbons (Fsp3) is 0. The van der Waals surface area contributed by atoms with Gasteiger partial charge in [-0.1, -0.05) is 0 Å². The average Bonchev–Trinajstić information content (AvgIpc) is 2.60. The fourth-order valence-electron chi connectivity index (χ4n) is 1.28. The first kappa shape index (κ1) is 9.20. The third-order valence-electron chi connectivity index (χ3n) is 1.93. The highest BCUT2D eigenvalue weighted by Gasteiger charge is 2.14. The number of fused-ring (bicyclic) bond motifs is 1. The van der Waals surface area contributed by atoms with Crippen molar-refractivity contribution in [3.8, 4) is 0 Å². The third kappa shape index (κ3) is 1.41. The summed E-state index contributed by atoms with van der Waals surface area (Å²) in [5.41, 5.74) is -0.0731. The van der Waals surface area contributed by atoms with Gasteiger partial charge in [0.2, 0.25) is 0 Å². The quantitative estimate of drug-likeness (QED) is 0.755. The molecule has 76 valence electrons. The van der Waals surface area contributed by atoms with Gasteiger partial charge in [0.15, 0.2) is 11.3 Å². The Morgan fingerprint density at radius 2 is 2.00 bits per heavy atom. The van der Waals surface area contributed by atoms with Crippen molar-refractivity contribution in [1.29, 1.82) is 0 Å². The molecule has 0 bridgehead atoms. The van der Waals surface area contributed by atoms with Crippen LogP contribution in [0.1, 0.15) is 20.8 Å². The molecule has 0 radical (unpaired) electrons. The van der Waals surface area contributed by atoms with Crippen LogP contribution in [0.2, 0.25) is 0 Å². The molecule has 2 heterocycles. The van der Waals surface area contributed by atoms with Crippen LogP contribution in [-0.2, 0) is 0 Å². The van der Waals surface area contributed by atoms with Crippen molar-refractivity contribution in [3.63, 3.8) is 0 Å². The van der Waals surface area contributed by atoms with Crippen LogP contribution in [-0.4, -0.2) is 31.5 Å². The van der Waals surface area contributed by atoms with Gasteiger partial charge in [-0.2, -0.15) is 0 Å². The summed E-state index contributed by atoms with van der Waals surface area (Å²) in [7, 11) is 0. The van der Waals surface area contributed by atoms with Crippen molar-refractivity contribution in [2.75, 3.05) is 0 Å². The van der Waals surface area contributed by atoms with Crippen molar-refractivity contribution in [3.05, 3.63) is 35.8 Å². The molecular weight excluding hydrogens is 200 g/mol. The van der Waals surface area contributed by atoms with Gasteiger partial charge in [-0.15, -0.1) is 0 Å². The number of nitrogens with zero attached hydrogens (tertiary/aromatic N) is 2. The Bertz CT molecular complexity index is 558. The van der Waals surface area contributed by atoms with E-state index in [1.807, 2.05) is 0 Å². The molecule has 0 unspecified atom stereocenters. The first-order valence-corrected chi connectivity index (χ1v) is 4.04. The van der Waals surface area contributed by atoms with Gasteiger partial charge in [0.1, 0.15) is 5.56 Å². The van der Waals surface area contributed by atoms with E-state index in [0.29, 0.717) is 0 Å². The molecule has 0 aromatic carbocycles. The number of aromatic carboxylic acids is 2. The van der Waals surface area contributed by atoms with E-state index in [1.165, 1.54) is 22.7 Å². The van der Waals surface area contributed by atoms with Crippen molar-refractivity contribution in [2.24, 2.45) is 0 Å². The van der Waals surface area contributed by atoms with Gasteiger partial charge in [0, 0.05) is 12.4 Å². The molecule has 6 heteroatoms. The van der Waals surface area contributed by atoms with E-state index < -0.39 is 11.9 Å². The van der Waals surface area contributed by atoms with E-state index in [-0.39, 0.29) is 16.9 Å². The molecule has 0 aliphatic carbocycles. The van der Waals surface area contributed by atoms with Crippen LogP contribution < -0.4 is 0 Å². The summed E-state index contributed by atoms with van der Waals surface area (Å²) in [5.74, 6) is -2.32. The van der Waals surface area contributed by atoms with E-state index in [1.54, 1.807) is 6.20 Å². The maximum Gasteiger partial charge on any atom is 0.356 e. The molecule has 0 amide bonds. The first-order chi connectivity index (χ1) is 7.09. The monoisotopic (exact) mass is 206 g/mol. The molecule has 0 fully saturated rings. The minimum absolute atomic E-state index is 0.0231. The topological polar surface area (TPSA) is 91.9 Å². The van der Waals surface area contributed by atoms with Gasteiger partial charge in [0.25, 0.3) is 0 Å². The van der Waals surface area contributed by atoms with Gasteiger partial charge >= 0.3 is 11.9 Å². The SMILES string of the molecule is O=C(O)c1cn2cccc(C(=O)O)c2n1. The summed E-state index contributed by atoms with van der Waals surface area (Å²) < 4.78 is 1.37. The summed E-state index contributed by atoms with van der Waals surface area (Å²) in [6.07, 6.45) is 2.81. The largest absolute Gasteiger partial charge is 0.478 e. The molecule has 15 heavy (non-hydrogen) atoms.